The van der Waals surface area contributed by atoms with Gasteiger partial charge in [0.1, 0.15) is 0 Å². The summed E-state index contributed by atoms with van der Waals surface area (Å²) in [6, 6.07) is 9.77. The van der Waals surface area contributed by atoms with E-state index in [0.29, 0.717) is 6.42 Å². The Hall–Kier alpha value is -2.10. The van der Waals surface area contributed by atoms with E-state index in [1.807, 2.05) is 30.3 Å². The zero-order valence-corrected chi connectivity index (χ0v) is 13.6. The lowest BCUT2D eigenvalue weighted by molar-refractivity contribution is -0.171. The number of benzene rings is 1. The maximum Gasteiger partial charge on any atom is 0.324 e. The summed E-state index contributed by atoms with van der Waals surface area (Å²) in [5, 5.41) is 0. The molecule has 0 radical (unpaired) electrons. The molecule has 2 aliphatic rings. The first-order chi connectivity index (χ1) is 11.1. The quantitative estimate of drug-likeness (QED) is 0.487. The van der Waals surface area contributed by atoms with E-state index in [1.165, 1.54) is 25.4 Å². The minimum Gasteiger partial charge on any atom is -0.468 e. The van der Waals surface area contributed by atoms with Crippen molar-refractivity contribution < 1.29 is 19.1 Å². The van der Waals surface area contributed by atoms with Gasteiger partial charge in [0.2, 0.25) is 0 Å². The number of hydrogen-bond donors (Lipinski definition) is 0. The predicted octanol–water partition coefficient (Wildman–Crippen LogP) is 3.38. The molecule has 3 rings (SSSR count). The van der Waals surface area contributed by atoms with E-state index in [4.69, 9.17) is 9.47 Å². The fourth-order valence-electron chi connectivity index (χ4n) is 4.17. The third-order valence-electron chi connectivity index (χ3n) is 5.30. The first kappa shape index (κ1) is 15.8. The normalized spacial score (nSPS) is 22.4. The summed E-state index contributed by atoms with van der Waals surface area (Å²) < 4.78 is 10.1. The molecule has 0 amide bonds. The van der Waals surface area contributed by atoms with E-state index < -0.39 is 17.4 Å². The summed E-state index contributed by atoms with van der Waals surface area (Å²) in [5.41, 5.74) is 2.37. The lowest BCUT2D eigenvalue weighted by atomic mass is 9.62. The maximum atomic E-state index is 12.7. The van der Waals surface area contributed by atoms with Gasteiger partial charge in [0.25, 0.3) is 0 Å². The maximum absolute atomic E-state index is 12.7. The monoisotopic (exact) mass is 314 g/mol. The number of rotatable bonds is 3. The highest BCUT2D eigenvalue weighted by molar-refractivity contribution is 6.02. The van der Waals surface area contributed by atoms with E-state index in [0.717, 1.165) is 31.2 Å². The second-order valence-electron chi connectivity index (χ2n) is 6.36. The van der Waals surface area contributed by atoms with Crippen molar-refractivity contribution in [2.24, 2.45) is 5.41 Å². The lowest BCUT2D eigenvalue weighted by Crippen LogP contribution is -2.48. The van der Waals surface area contributed by atoms with Crippen molar-refractivity contribution >= 4 is 11.9 Å². The molecule has 4 nitrogen and oxygen atoms in total. The molecule has 0 spiro atoms. The summed E-state index contributed by atoms with van der Waals surface area (Å²) in [5.74, 6) is -1.21. The molecule has 1 unspecified atom stereocenters. The van der Waals surface area contributed by atoms with Crippen LogP contribution in [-0.4, -0.2) is 26.2 Å². The SMILES string of the molecule is COC(=O)C1(C(=O)OC)CC2=C(CCC2)CC1c1ccccc1. The molecule has 122 valence electrons. The van der Waals surface area contributed by atoms with E-state index in [2.05, 4.69) is 0 Å². The highest BCUT2D eigenvalue weighted by Crippen LogP contribution is 2.54. The highest BCUT2D eigenvalue weighted by Gasteiger charge is 2.57. The Balaban J connectivity index is 2.15. The third-order valence-corrected chi connectivity index (χ3v) is 5.30. The van der Waals surface area contributed by atoms with Gasteiger partial charge in [0, 0.05) is 5.92 Å². The average molecular weight is 314 g/mol. The molecule has 1 atom stereocenters. The van der Waals surface area contributed by atoms with Crippen molar-refractivity contribution in [1.82, 2.24) is 0 Å². The second-order valence-corrected chi connectivity index (χ2v) is 6.36. The van der Waals surface area contributed by atoms with Gasteiger partial charge >= 0.3 is 11.9 Å². The van der Waals surface area contributed by atoms with Crippen molar-refractivity contribution in [3.8, 4) is 0 Å². The van der Waals surface area contributed by atoms with Gasteiger partial charge in [-0.25, -0.2) is 0 Å². The Morgan fingerprint density at radius 3 is 2.22 bits per heavy atom. The van der Waals surface area contributed by atoms with Crippen molar-refractivity contribution in [2.75, 3.05) is 14.2 Å². The van der Waals surface area contributed by atoms with Crippen LogP contribution in [0.3, 0.4) is 0 Å². The van der Waals surface area contributed by atoms with E-state index >= 15 is 0 Å². The minimum atomic E-state index is -1.27. The highest BCUT2D eigenvalue weighted by atomic mass is 16.5. The van der Waals surface area contributed by atoms with Gasteiger partial charge in [0.05, 0.1) is 14.2 Å². The first-order valence-electron chi connectivity index (χ1n) is 8.05. The van der Waals surface area contributed by atoms with Crippen LogP contribution in [0.5, 0.6) is 0 Å². The predicted molar refractivity (Wildman–Crippen MR) is 85.8 cm³/mol. The van der Waals surface area contributed by atoms with Crippen LogP contribution in [0.4, 0.5) is 0 Å². The molecule has 0 saturated heterocycles. The van der Waals surface area contributed by atoms with Crippen LogP contribution in [-0.2, 0) is 19.1 Å². The molecule has 23 heavy (non-hydrogen) atoms. The Morgan fingerprint density at radius 2 is 1.61 bits per heavy atom. The van der Waals surface area contributed by atoms with E-state index in [1.54, 1.807) is 0 Å². The summed E-state index contributed by atoms with van der Waals surface area (Å²) >= 11 is 0. The average Bonchev–Trinajstić information content (AvgIpc) is 3.06. The van der Waals surface area contributed by atoms with Gasteiger partial charge in [-0.05, 0) is 37.7 Å². The molecular weight excluding hydrogens is 292 g/mol. The van der Waals surface area contributed by atoms with Crippen molar-refractivity contribution in [3.05, 3.63) is 47.0 Å². The molecule has 0 saturated carbocycles. The number of hydrogen-bond acceptors (Lipinski definition) is 4. The van der Waals surface area contributed by atoms with E-state index in [-0.39, 0.29) is 5.92 Å². The van der Waals surface area contributed by atoms with Gasteiger partial charge < -0.3 is 9.47 Å². The summed E-state index contributed by atoms with van der Waals surface area (Å²) in [6.45, 7) is 0. The van der Waals surface area contributed by atoms with Crippen LogP contribution < -0.4 is 0 Å². The zero-order valence-electron chi connectivity index (χ0n) is 13.6. The Bertz CT molecular complexity index is 629. The topological polar surface area (TPSA) is 52.6 Å². The molecule has 0 aromatic heterocycles. The summed E-state index contributed by atoms with van der Waals surface area (Å²) in [4.78, 5) is 25.4. The third kappa shape index (κ3) is 2.46. The molecule has 2 aliphatic carbocycles. The first-order valence-corrected chi connectivity index (χ1v) is 8.05. The number of methoxy groups -OCH3 is 2. The fourth-order valence-corrected chi connectivity index (χ4v) is 4.17. The molecule has 0 N–H and O–H groups in total. The molecule has 0 heterocycles. The van der Waals surface area contributed by atoms with Crippen LogP contribution in [0.15, 0.2) is 41.5 Å². The largest absolute Gasteiger partial charge is 0.468 e. The molecule has 1 aromatic carbocycles. The summed E-state index contributed by atoms with van der Waals surface area (Å²) in [7, 11) is 2.68. The second kappa shape index (κ2) is 6.19. The molecule has 4 heteroatoms. The van der Waals surface area contributed by atoms with Gasteiger partial charge in [-0.15, -0.1) is 0 Å². The van der Waals surface area contributed by atoms with Crippen LogP contribution >= 0.6 is 0 Å². The molecule has 0 bridgehead atoms. The molecule has 0 aliphatic heterocycles. The molecule has 0 fully saturated rings. The lowest BCUT2D eigenvalue weighted by Gasteiger charge is -2.40. The number of ether oxygens (including phenoxy) is 2. The number of esters is 2. The van der Waals surface area contributed by atoms with E-state index in [9.17, 15) is 9.59 Å². The standard InChI is InChI=1S/C19H22O4/c1-22-17(20)19(18(21)23-2)12-15-10-6-9-14(15)11-16(19)13-7-4-3-5-8-13/h3-5,7-8,16H,6,9-12H2,1-2H3. The van der Waals surface area contributed by atoms with Gasteiger partial charge in [-0.2, -0.15) is 0 Å². The zero-order chi connectivity index (χ0) is 16.4. The fraction of sp³-hybridized carbons (Fsp3) is 0.474. The number of carbonyl (C=O) groups is 2. The van der Waals surface area contributed by atoms with Crippen LogP contribution in [0.2, 0.25) is 0 Å². The smallest absolute Gasteiger partial charge is 0.324 e. The van der Waals surface area contributed by atoms with Crippen LogP contribution in [0, 0.1) is 5.41 Å². The number of allylic oxidation sites excluding steroid dienone is 2. The van der Waals surface area contributed by atoms with Crippen LogP contribution in [0.25, 0.3) is 0 Å². The van der Waals surface area contributed by atoms with Crippen molar-refractivity contribution in [3.63, 3.8) is 0 Å². The Kier molecular flexibility index (Phi) is 4.24. The van der Waals surface area contributed by atoms with Gasteiger partial charge in [-0.3, -0.25) is 9.59 Å². The van der Waals surface area contributed by atoms with Crippen LogP contribution in [0.1, 0.15) is 43.6 Å². The molecule has 1 aromatic rings. The number of carbonyl (C=O) groups excluding carboxylic acids is 2. The minimum absolute atomic E-state index is 0.236. The van der Waals surface area contributed by atoms with Crippen molar-refractivity contribution in [2.45, 2.75) is 38.0 Å². The molecular formula is C19H22O4. The van der Waals surface area contributed by atoms with Gasteiger partial charge in [0.15, 0.2) is 5.41 Å². The summed E-state index contributed by atoms with van der Waals surface area (Å²) in [6.07, 6.45) is 4.28. The Morgan fingerprint density at radius 1 is 1.00 bits per heavy atom. The van der Waals surface area contributed by atoms with Crippen molar-refractivity contribution in [1.29, 1.82) is 0 Å². The van der Waals surface area contributed by atoms with Gasteiger partial charge in [-0.1, -0.05) is 41.5 Å². The Labute approximate surface area is 136 Å².